The first-order valence-corrected chi connectivity index (χ1v) is 10.7. The van der Waals surface area contributed by atoms with E-state index in [4.69, 9.17) is 0 Å². The summed E-state index contributed by atoms with van der Waals surface area (Å²) in [5, 5.41) is 6.73. The Morgan fingerprint density at radius 2 is 1.85 bits per heavy atom. The molecule has 0 saturated heterocycles. The van der Waals surface area contributed by atoms with Crippen LogP contribution in [0.3, 0.4) is 0 Å². The molecule has 11 heteroatoms. The summed E-state index contributed by atoms with van der Waals surface area (Å²) in [6.45, 7) is 1.50. The number of alkyl halides is 3. The molecule has 2 aromatic heterocycles. The van der Waals surface area contributed by atoms with Gasteiger partial charge in [-0.2, -0.15) is 18.3 Å². The highest BCUT2D eigenvalue weighted by molar-refractivity contribution is 7.15. The van der Waals surface area contributed by atoms with E-state index in [0.29, 0.717) is 6.42 Å². The minimum absolute atomic E-state index is 0.0530. The van der Waals surface area contributed by atoms with Gasteiger partial charge in [0.05, 0.1) is 11.3 Å². The normalized spacial score (nSPS) is 11.4. The van der Waals surface area contributed by atoms with E-state index in [9.17, 15) is 27.2 Å². The number of benzene rings is 2. The number of rotatable bonds is 5. The van der Waals surface area contributed by atoms with Crippen LogP contribution in [0.25, 0.3) is 5.69 Å². The molecule has 0 fully saturated rings. The second-order valence-corrected chi connectivity index (χ2v) is 8.46. The van der Waals surface area contributed by atoms with E-state index >= 15 is 0 Å². The lowest BCUT2D eigenvalue weighted by Gasteiger charge is -2.13. The number of aryl methyl sites for hydroxylation is 1. The molecule has 1 N–H and O–H groups in total. The molecule has 34 heavy (non-hydrogen) atoms. The Balaban J connectivity index is 1.57. The van der Waals surface area contributed by atoms with E-state index in [2.05, 4.69) is 15.4 Å². The summed E-state index contributed by atoms with van der Waals surface area (Å²) in [4.78, 5) is 30.0. The molecule has 4 rings (SSSR count). The molecule has 0 radical (unpaired) electrons. The highest BCUT2D eigenvalue weighted by Crippen LogP contribution is 2.30. The molecule has 0 unspecified atom stereocenters. The van der Waals surface area contributed by atoms with E-state index in [1.807, 2.05) is 0 Å². The average Bonchev–Trinajstić information content (AvgIpc) is 3.21. The van der Waals surface area contributed by atoms with Crippen LogP contribution in [0.15, 0.2) is 65.6 Å². The first-order valence-electron chi connectivity index (χ1n) is 9.89. The zero-order chi connectivity index (χ0) is 24.5. The Kier molecular flexibility index (Phi) is 6.29. The third kappa shape index (κ3) is 5.20. The van der Waals surface area contributed by atoms with Crippen LogP contribution in [0.4, 0.5) is 22.7 Å². The van der Waals surface area contributed by atoms with Crippen LogP contribution < -0.4 is 10.7 Å². The molecule has 174 valence electrons. The predicted octanol–water partition coefficient (Wildman–Crippen LogP) is 5.00. The number of hydrogen-bond donors (Lipinski definition) is 1. The molecule has 6 nitrogen and oxygen atoms in total. The number of carbonyl (C=O) groups is 1. The molecular formula is C23H16F4N4O2S. The maximum Gasteiger partial charge on any atom is 0.416 e. The second-order valence-electron chi connectivity index (χ2n) is 7.35. The van der Waals surface area contributed by atoms with Gasteiger partial charge in [0.25, 0.3) is 5.91 Å². The quantitative estimate of drug-likeness (QED) is 0.401. The van der Waals surface area contributed by atoms with Crippen molar-refractivity contribution in [3.63, 3.8) is 0 Å². The van der Waals surface area contributed by atoms with Crippen LogP contribution in [-0.4, -0.2) is 20.7 Å². The smallest absolute Gasteiger partial charge is 0.296 e. The summed E-state index contributed by atoms with van der Waals surface area (Å²) in [5.41, 5.74) is -0.881. The lowest BCUT2D eigenvalue weighted by atomic mass is 10.1. The van der Waals surface area contributed by atoms with E-state index in [-0.39, 0.29) is 22.3 Å². The molecule has 1 amide bonds. The number of nitrogens with one attached hydrogen (secondary N) is 1. The molecule has 2 heterocycles. The van der Waals surface area contributed by atoms with Gasteiger partial charge < -0.3 is 0 Å². The number of anilines is 1. The predicted molar refractivity (Wildman–Crippen MR) is 119 cm³/mol. The van der Waals surface area contributed by atoms with Crippen LogP contribution in [0.1, 0.15) is 32.2 Å². The topological polar surface area (TPSA) is 76.9 Å². The Labute approximate surface area is 194 Å². The maximum absolute atomic E-state index is 13.1. The second kappa shape index (κ2) is 9.18. The van der Waals surface area contributed by atoms with Crippen molar-refractivity contribution in [3.05, 3.63) is 104 Å². The van der Waals surface area contributed by atoms with E-state index in [1.54, 1.807) is 18.3 Å². The average molecular weight is 488 g/mol. The summed E-state index contributed by atoms with van der Waals surface area (Å²) in [7, 11) is 0. The standard InChI is InChI=1S/C23H16F4N4O2S/c1-13-9-19(32)20(30-31(13)17-4-2-3-15(11-17)23(25,26)27)21(33)29-22-28-12-18(34-22)10-14-5-7-16(24)8-6-14/h2-9,11-12H,10H2,1H3,(H,28,29,33). The van der Waals surface area contributed by atoms with Crippen LogP contribution in [0.5, 0.6) is 0 Å². The van der Waals surface area contributed by atoms with Gasteiger partial charge in [-0.25, -0.2) is 14.1 Å². The van der Waals surface area contributed by atoms with E-state index < -0.39 is 28.8 Å². The van der Waals surface area contributed by atoms with Gasteiger partial charge in [0.1, 0.15) is 5.82 Å². The van der Waals surface area contributed by atoms with Crippen molar-refractivity contribution in [2.45, 2.75) is 19.5 Å². The highest BCUT2D eigenvalue weighted by Gasteiger charge is 2.30. The third-order valence-electron chi connectivity index (χ3n) is 4.81. The number of aromatic nitrogens is 3. The Hall–Kier alpha value is -3.86. The van der Waals surface area contributed by atoms with Crippen molar-refractivity contribution in [1.82, 2.24) is 14.8 Å². The first kappa shape index (κ1) is 23.3. The number of carbonyl (C=O) groups excluding carboxylic acids is 1. The lowest BCUT2D eigenvalue weighted by Crippen LogP contribution is -2.27. The Bertz CT molecular complexity index is 1410. The van der Waals surface area contributed by atoms with Gasteiger partial charge in [-0.05, 0) is 42.8 Å². The molecule has 4 aromatic rings. The van der Waals surface area contributed by atoms with E-state index in [1.165, 1.54) is 42.5 Å². The zero-order valence-electron chi connectivity index (χ0n) is 17.6. The molecule has 0 aliphatic carbocycles. The van der Waals surface area contributed by atoms with Crippen molar-refractivity contribution in [2.75, 3.05) is 5.32 Å². The summed E-state index contributed by atoms with van der Waals surface area (Å²) in [6.07, 6.45) is -2.54. The summed E-state index contributed by atoms with van der Waals surface area (Å²) >= 11 is 1.17. The highest BCUT2D eigenvalue weighted by atomic mass is 32.1. The van der Waals surface area contributed by atoms with Crippen molar-refractivity contribution in [1.29, 1.82) is 0 Å². The largest absolute Gasteiger partial charge is 0.416 e. The van der Waals surface area contributed by atoms with Gasteiger partial charge in [0.2, 0.25) is 5.43 Å². The molecule has 0 saturated carbocycles. The Morgan fingerprint density at radius 1 is 1.12 bits per heavy atom. The van der Waals surface area contributed by atoms with Crippen molar-refractivity contribution >= 4 is 22.4 Å². The lowest BCUT2D eigenvalue weighted by molar-refractivity contribution is -0.137. The molecule has 0 bridgehead atoms. The van der Waals surface area contributed by atoms with Gasteiger partial charge in [-0.1, -0.05) is 18.2 Å². The number of thiazole rings is 1. The van der Waals surface area contributed by atoms with Gasteiger partial charge in [0.15, 0.2) is 10.8 Å². The number of nitrogens with zero attached hydrogens (tertiary/aromatic N) is 3. The zero-order valence-corrected chi connectivity index (χ0v) is 18.4. The van der Waals surface area contributed by atoms with Crippen LogP contribution >= 0.6 is 11.3 Å². The molecule has 0 aliphatic rings. The molecular weight excluding hydrogens is 472 g/mol. The number of halogens is 4. The minimum atomic E-state index is -4.56. The fourth-order valence-corrected chi connectivity index (χ4v) is 4.03. The summed E-state index contributed by atoms with van der Waals surface area (Å²) in [6, 6.07) is 11.5. The molecule has 0 aliphatic heterocycles. The first-order chi connectivity index (χ1) is 16.1. The summed E-state index contributed by atoms with van der Waals surface area (Å²) < 4.78 is 53.4. The SMILES string of the molecule is Cc1cc(=O)c(C(=O)Nc2ncc(Cc3ccc(F)cc3)s2)nn1-c1cccc(C(F)(F)F)c1. The number of amides is 1. The fraction of sp³-hybridized carbons (Fsp3) is 0.130. The van der Waals surface area contributed by atoms with Gasteiger partial charge in [0, 0.05) is 29.3 Å². The van der Waals surface area contributed by atoms with Gasteiger partial charge in [-0.3, -0.25) is 14.9 Å². The monoisotopic (exact) mass is 488 g/mol. The minimum Gasteiger partial charge on any atom is -0.296 e. The van der Waals surface area contributed by atoms with Crippen LogP contribution in [-0.2, 0) is 12.6 Å². The van der Waals surface area contributed by atoms with Crippen molar-refractivity contribution in [2.24, 2.45) is 0 Å². The van der Waals surface area contributed by atoms with Gasteiger partial charge >= 0.3 is 6.18 Å². The molecule has 2 aromatic carbocycles. The van der Waals surface area contributed by atoms with Crippen LogP contribution in [0.2, 0.25) is 0 Å². The number of hydrogen-bond acceptors (Lipinski definition) is 5. The summed E-state index contributed by atoms with van der Waals surface area (Å²) in [5.74, 6) is -1.18. The van der Waals surface area contributed by atoms with Crippen molar-refractivity contribution < 1.29 is 22.4 Å². The maximum atomic E-state index is 13.1. The third-order valence-corrected chi connectivity index (χ3v) is 5.72. The molecule has 0 atom stereocenters. The fourth-order valence-electron chi connectivity index (χ4n) is 3.19. The van der Waals surface area contributed by atoms with Gasteiger partial charge in [-0.15, -0.1) is 11.3 Å². The van der Waals surface area contributed by atoms with Crippen molar-refractivity contribution in [3.8, 4) is 5.69 Å². The molecule has 0 spiro atoms. The van der Waals surface area contributed by atoms with Crippen LogP contribution in [0, 0.1) is 12.7 Å². The van der Waals surface area contributed by atoms with E-state index in [0.717, 1.165) is 33.3 Å². The Morgan fingerprint density at radius 3 is 2.56 bits per heavy atom.